The molecule has 160 valence electrons. The molecule has 0 aromatic heterocycles. The number of hydrogen-bond donors (Lipinski definition) is 2. The van der Waals surface area contributed by atoms with E-state index in [1.165, 1.54) is 18.2 Å². The van der Waals surface area contributed by atoms with Crippen molar-refractivity contribution in [3.8, 4) is 11.5 Å². The summed E-state index contributed by atoms with van der Waals surface area (Å²) in [6.07, 6.45) is 1.45. The third-order valence-electron chi connectivity index (χ3n) is 4.70. The van der Waals surface area contributed by atoms with Crippen molar-refractivity contribution in [2.45, 2.75) is 24.8 Å². The molecule has 1 atom stereocenters. The molecule has 2 aromatic carbocycles. The number of benzene rings is 2. The maximum Gasteiger partial charge on any atom is 0.251 e. The summed E-state index contributed by atoms with van der Waals surface area (Å²) in [5, 5.41) is 3.01. The summed E-state index contributed by atoms with van der Waals surface area (Å²) < 4.78 is 38.3. The minimum absolute atomic E-state index is 0.0254. The lowest BCUT2D eigenvalue weighted by molar-refractivity contribution is 0.0925. The molecule has 8 heteroatoms. The number of nitrogens with one attached hydrogen (secondary N) is 2. The monoisotopic (exact) mass is 430 g/mol. The standard InChI is InChI=1S/C22H26N2O5S/c1-4-10-23-30(26,27)18-7-5-6-17(13-18)22(25)24-21(15(2)3)16-8-9-19-20(14-16)29-12-11-28-19/h4-9,13-15,21,23H,1,10-12H2,2-3H3,(H,24,25). The first-order valence-corrected chi connectivity index (χ1v) is 11.2. The van der Waals surface area contributed by atoms with Crippen molar-refractivity contribution in [3.63, 3.8) is 0 Å². The highest BCUT2D eigenvalue weighted by molar-refractivity contribution is 7.89. The fourth-order valence-electron chi connectivity index (χ4n) is 3.17. The van der Waals surface area contributed by atoms with E-state index >= 15 is 0 Å². The summed E-state index contributed by atoms with van der Waals surface area (Å²) in [5.74, 6) is 1.07. The Bertz CT molecular complexity index is 1030. The maximum absolute atomic E-state index is 12.9. The van der Waals surface area contributed by atoms with Crippen LogP contribution in [-0.4, -0.2) is 34.1 Å². The molecule has 0 saturated carbocycles. The van der Waals surface area contributed by atoms with Crippen LogP contribution >= 0.6 is 0 Å². The average molecular weight is 431 g/mol. The number of carbonyl (C=O) groups excluding carboxylic acids is 1. The van der Waals surface area contributed by atoms with Gasteiger partial charge in [0.05, 0.1) is 10.9 Å². The zero-order valence-corrected chi connectivity index (χ0v) is 17.9. The SMILES string of the molecule is C=CCNS(=O)(=O)c1cccc(C(=O)NC(c2ccc3c(c2)OCCO3)C(C)C)c1. The third-order valence-corrected chi connectivity index (χ3v) is 6.12. The minimum atomic E-state index is -3.72. The topological polar surface area (TPSA) is 93.7 Å². The van der Waals surface area contributed by atoms with Crippen LogP contribution in [0.25, 0.3) is 0 Å². The minimum Gasteiger partial charge on any atom is -0.486 e. The summed E-state index contributed by atoms with van der Waals surface area (Å²) >= 11 is 0. The molecule has 0 aliphatic carbocycles. The molecule has 0 bridgehead atoms. The lowest BCUT2D eigenvalue weighted by atomic mass is 9.95. The Morgan fingerprint density at radius 2 is 1.87 bits per heavy atom. The molecule has 3 rings (SSSR count). The van der Waals surface area contributed by atoms with Crippen LogP contribution in [0.4, 0.5) is 0 Å². The van der Waals surface area contributed by atoms with Gasteiger partial charge in [0.2, 0.25) is 10.0 Å². The Kier molecular flexibility index (Phi) is 6.79. The second kappa shape index (κ2) is 9.32. The van der Waals surface area contributed by atoms with Crippen LogP contribution in [0.1, 0.15) is 35.8 Å². The highest BCUT2D eigenvalue weighted by Gasteiger charge is 2.23. The van der Waals surface area contributed by atoms with E-state index in [1.807, 2.05) is 32.0 Å². The predicted octanol–water partition coefficient (Wildman–Crippen LogP) is 3.05. The quantitative estimate of drug-likeness (QED) is 0.628. The number of ether oxygens (including phenoxy) is 2. The van der Waals surface area contributed by atoms with E-state index in [0.717, 1.165) is 5.56 Å². The van der Waals surface area contributed by atoms with Crippen LogP contribution in [0.3, 0.4) is 0 Å². The molecular weight excluding hydrogens is 404 g/mol. The van der Waals surface area contributed by atoms with E-state index in [0.29, 0.717) is 24.7 Å². The summed E-state index contributed by atoms with van der Waals surface area (Å²) in [4.78, 5) is 12.9. The van der Waals surface area contributed by atoms with Crippen molar-refractivity contribution in [1.82, 2.24) is 10.0 Å². The summed E-state index contributed by atoms with van der Waals surface area (Å²) in [6.45, 7) is 8.61. The van der Waals surface area contributed by atoms with Gasteiger partial charge < -0.3 is 14.8 Å². The van der Waals surface area contributed by atoms with Crippen LogP contribution in [0, 0.1) is 5.92 Å². The van der Waals surface area contributed by atoms with Gasteiger partial charge in [0.25, 0.3) is 5.91 Å². The van der Waals surface area contributed by atoms with Gasteiger partial charge in [0.1, 0.15) is 13.2 Å². The molecule has 7 nitrogen and oxygen atoms in total. The number of fused-ring (bicyclic) bond motifs is 1. The van der Waals surface area contributed by atoms with E-state index in [1.54, 1.807) is 12.1 Å². The first kappa shape index (κ1) is 21.9. The van der Waals surface area contributed by atoms with E-state index in [-0.39, 0.29) is 34.9 Å². The molecule has 0 saturated heterocycles. The average Bonchev–Trinajstić information content (AvgIpc) is 2.75. The van der Waals surface area contributed by atoms with Gasteiger partial charge >= 0.3 is 0 Å². The molecule has 1 heterocycles. The third kappa shape index (κ3) is 5.01. The van der Waals surface area contributed by atoms with Crippen LogP contribution in [0.5, 0.6) is 11.5 Å². The van der Waals surface area contributed by atoms with Crippen molar-refractivity contribution in [3.05, 3.63) is 66.2 Å². The van der Waals surface area contributed by atoms with Gasteiger partial charge in [-0.2, -0.15) is 0 Å². The van der Waals surface area contributed by atoms with Gasteiger partial charge in [-0.25, -0.2) is 13.1 Å². The highest BCUT2D eigenvalue weighted by Crippen LogP contribution is 2.34. The Hall–Kier alpha value is -2.84. The Labute approximate surface area is 177 Å². The highest BCUT2D eigenvalue weighted by atomic mass is 32.2. The van der Waals surface area contributed by atoms with Crippen molar-refractivity contribution < 1.29 is 22.7 Å². The van der Waals surface area contributed by atoms with Gasteiger partial charge in [-0.1, -0.05) is 32.1 Å². The van der Waals surface area contributed by atoms with Gasteiger partial charge in [0, 0.05) is 12.1 Å². The molecule has 0 radical (unpaired) electrons. The zero-order chi connectivity index (χ0) is 21.7. The van der Waals surface area contributed by atoms with Crippen LogP contribution < -0.4 is 19.5 Å². The molecule has 1 aliphatic rings. The molecule has 2 aromatic rings. The molecular formula is C22H26N2O5S. The molecule has 1 aliphatic heterocycles. The summed E-state index contributed by atoms with van der Waals surface area (Å²) in [7, 11) is -3.72. The van der Waals surface area contributed by atoms with Gasteiger partial charge in [-0.3, -0.25) is 4.79 Å². The summed E-state index contributed by atoms with van der Waals surface area (Å²) in [5.41, 5.74) is 1.15. The number of carbonyl (C=O) groups is 1. The van der Waals surface area contributed by atoms with E-state index in [2.05, 4.69) is 16.6 Å². The molecule has 2 N–H and O–H groups in total. The first-order valence-electron chi connectivity index (χ1n) is 9.73. The van der Waals surface area contributed by atoms with Crippen molar-refractivity contribution in [2.24, 2.45) is 5.92 Å². The van der Waals surface area contributed by atoms with E-state index in [4.69, 9.17) is 9.47 Å². The first-order chi connectivity index (χ1) is 14.3. The van der Waals surface area contributed by atoms with E-state index in [9.17, 15) is 13.2 Å². The zero-order valence-electron chi connectivity index (χ0n) is 17.1. The molecule has 0 fully saturated rings. The maximum atomic E-state index is 12.9. The lowest BCUT2D eigenvalue weighted by Gasteiger charge is -2.25. The van der Waals surface area contributed by atoms with Crippen LogP contribution in [-0.2, 0) is 10.0 Å². The van der Waals surface area contributed by atoms with E-state index < -0.39 is 10.0 Å². The summed E-state index contributed by atoms with van der Waals surface area (Å²) in [6, 6.07) is 11.3. The van der Waals surface area contributed by atoms with Gasteiger partial charge in [-0.15, -0.1) is 6.58 Å². The van der Waals surface area contributed by atoms with Crippen LogP contribution in [0.2, 0.25) is 0 Å². The normalized spacial score (nSPS) is 14.2. The number of rotatable bonds is 8. The molecule has 30 heavy (non-hydrogen) atoms. The number of amides is 1. The number of hydrogen-bond acceptors (Lipinski definition) is 5. The second-order valence-electron chi connectivity index (χ2n) is 7.27. The Morgan fingerprint density at radius 1 is 1.13 bits per heavy atom. The largest absolute Gasteiger partial charge is 0.486 e. The Morgan fingerprint density at radius 3 is 2.57 bits per heavy atom. The van der Waals surface area contributed by atoms with Crippen molar-refractivity contribution in [1.29, 1.82) is 0 Å². The fraction of sp³-hybridized carbons (Fsp3) is 0.318. The second-order valence-corrected chi connectivity index (χ2v) is 9.03. The van der Waals surface area contributed by atoms with Crippen molar-refractivity contribution in [2.75, 3.05) is 19.8 Å². The lowest BCUT2D eigenvalue weighted by Crippen LogP contribution is -2.32. The number of sulfonamides is 1. The van der Waals surface area contributed by atoms with Gasteiger partial charge in [-0.05, 0) is 41.8 Å². The molecule has 1 unspecified atom stereocenters. The molecule has 1 amide bonds. The fourth-order valence-corrected chi connectivity index (χ4v) is 4.21. The van der Waals surface area contributed by atoms with Gasteiger partial charge in [0.15, 0.2) is 11.5 Å². The smallest absolute Gasteiger partial charge is 0.251 e. The predicted molar refractivity (Wildman–Crippen MR) is 114 cm³/mol. The van der Waals surface area contributed by atoms with Crippen molar-refractivity contribution >= 4 is 15.9 Å². The van der Waals surface area contributed by atoms with Crippen LogP contribution in [0.15, 0.2) is 60.0 Å². The molecule has 0 spiro atoms. The Balaban J connectivity index is 1.82.